The van der Waals surface area contributed by atoms with Gasteiger partial charge in [-0.1, -0.05) is 0 Å². The van der Waals surface area contributed by atoms with Gasteiger partial charge >= 0.3 is 200 Å². The molecule has 9 nitrogen and oxygen atoms in total. The van der Waals surface area contributed by atoms with E-state index in [1.807, 2.05) is 30.3 Å². The van der Waals surface area contributed by atoms with Crippen LogP contribution in [0.1, 0.15) is 48.0 Å². The number of alkyl carbamates (subject to hydrolysis) is 1. The Morgan fingerprint density at radius 3 is 1.88 bits per heavy atom. The number of carbonyl (C=O) groups excluding carboxylic acids is 4. The first kappa shape index (κ1) is 26.7. The molecule has 0 bridgehead atoms. The van der Waals surface area contributed by atoms with Crippen molar-refractivity contribution in [3.8, 4) is 0 Å². The molecule has 0 aliphatic heterocycles. The van der Waals surface area contributed by atoms with Gasteiger partial charge < -0.3 is 0 Å². The van der Waals surface area contributed by atoms with Crippen LogP contribution in [0.15, 0.2) is 30.3 Å². The third kappa shape index (κ3) is 8.70. The van der Waals surface area contributed by atoms with E-state index in [-0.39, 0.29) is 19.8 Å². The van der Waals surface area contributed by atoms with E-state index in [9.17, 15) is 19.2 Å². The van der Waals surface area contributed by atoms with Crippen molar-refractivity contribution < 1.29 is 38.1 Å². The Morgan fingerprint density at radius 2 is 1.36 bits per heavy atom. The van der Waals surface area contributed by atoms with Gasteiger partial charge in [0.1, 0.15) is 0 Å². The first-order valence-electron chi connectivity index (χ1n) is 10.6. The molecule has 1 N–H and O–H groups in total. The van der Waals surface area contributed by atoms with Gasteiger partial charge in [0.15, 0.2) is 0 Å². The maximum absolute atomic E-state index is 12.5. The van der Waals surface area contributed by atoms with Gasteiger partial charge in [-0.25, -0.2) is 0 Å². The number of nitrogens with one attached hydrogen (secondary N) is 1. The Labute approximate surface area is 200 Å². The third-order valence-corrected chi connectivity index (χ3v) is 7.28. The quantitative estimate of drug-likeness (QED) is 0.338. The molecular formula is C23H31NO8Se. The fourth-order valence-corrected chi connectivity index (χ4v) is 6.29. The van der Waals surface area contributed by atoms with Crippen LogP contribution in [0, 0.1) is 0 Å². The number of ether oxygens (including phenoxy) is 4. The van der Waals surface area contributed by atoms with Gasteiger partial charge in [0.05, 0.1) is 0 Å². The second-order valence-corrected chi connectivity index (χ2v) is 11.4. The van der Waals surface area contributed by atoms with Gasteiger partial charge in [-0.05, 0) is 0 Å². The van der Waals surface area contributed by atoms with Gasteiger partial charge in [-0.2, -0.15) is 0 Å². The first-order chi connectivity index (χ1) is 15.4. The second-order valence-electron chi connectivity index (χ2n) is 8.68. The van der Waals surface area contributed by atoms with Crippen molar-refractivity contribution >= 4 is 43.4 Å². The molecule has 0 spiro atoms. The molecule has 1 aliphatic rings. The molecule has 1 amide bonds. The first-order valence-corrected chi connectivity index (χ1v) is 12.4. The fraction of sp³-hybridized carbons (Fsp3) is 0.565. The number of carbonyl (C=O) groups is 4. The van der Waals surface area contributed by atoms with Crippen molar-refractivity contribution in [1.29, 1.82) is 0 Å². The van der Waals surface area contributed by atoms with E-state index < -0.39 is 54.0 Å². The van der Waals surface area contributed by atoms with Crippen molar-refractivity contribution in [1.82, 2.24) is 5.32 Å². The van der Waals surface area contributed by atoms with E-state index in [1.54, 1.807) is 20.8 Å². The minimum absolute atomic E-state index is 0.213. The summed E-state index contributed by atoms with van der Waals surface area (Å²) in [5.41, 5.74) is -0.737. The topological polar surface area (TPSA) is 117 Å². The third-order valence-electron chi connectivity index (χ3n) is 4.54. The van der Waals surface area contributed by atoms with E-state index in [1.165, 1.54) is 20.8 Å². The molecule has 2 rings (SSSR count). The monoisotopic (exact) mass is 529 g/mol. The fourth-order valence-electron chi connectivity index (χ4n) is 3.54. The summed E-state index contributed by atoms with van der Waals surface area (Å²) in [4.78, 5) is 48.0. The molecule has 0 heterocycles. The molecule has 0 unspecified atom stereocenters. The van der Waals surface area contributed by atoms with E-state index in [2.05, 4.69) is 5.32 Å². The van der Waals surface area contributed by atoms with Crippen LogP contribution in [-0.2, 0) is 33.3 Å². The van der Waals surface area contributed by atoms with Gasteiger partial charge in [0, 0.05) is 0 Å². The van der Waals surface area contributed by atoms with Crippen LogP contribution in [0.3, 0.4) is 0 Å². The summed E-state index contributed by atoms with van der Waals surface area (Å²) in [6.45, 7) is 8.90. The number of esters is 3. The molecular weight excluding hydrogens is 497 g/mol. The predicted molar refractivity (Wildman–Crippen MR) is 120 cm³/mol. The van der Waals surface area contributed by atoms with E-state index in [4.69, 9.17) is 18.9 Å². The number of hydrogen-bond donors (Lipinski definition) is 1. The molecule has 1 aromatic carbocycles. The zero-order chi connectivity index (χ0) is 24.8. The Bertz CT molecular complexity index is 854. The van der Waals surface area contributed by atoms with Crippen LogP contribution in [0.25, 0.3) is 0 Å². The van der Waals surface area contributed by atoms with Crippen LogP contribution < -0.4 is 9.78 Å². The summed E-state index contributed by atoms with van der Waals surface area (Å²) in [5, 5.41) is 2.76. The molecule has 0 saturated heterocycles. The van der Waals surface area contributed by atoms with Crippen LogP contribution in [0.2, 0.25) is 4.82 Å². The normalized spacial score (nSPS) is 24.8. The van der Waals surface area contributed by atoms with Crippen LogP contribution in [-0.4, -0.2) is 68.9 Å². The summed E-state index contributed by atoms with van der Waals surface area (Å²) in [7, 11) is 0. The number of amides is 1. The van der Waals surface area contributed by atoms with Crippen molar-refractivity contribution in [3.63, 3.8) is 0 Å². The number of rotatable bonds is 6. The Hall–Kier alpha value is -2.58. The summed E-state index contributed by atoms with van der Waals surface area (Å²) in [5.74, 6) is -1.80. The zero-order valence-corrected chi connectivity index (χ0v) is 21.4. The summed E-state index contributed by atoms with van der Waals surface area (Å²) in [6.07, 6.45) is -3.39. The van der Waals surface area contributed by atoms with Gasteiger partial charge in [0.25, 0.3) is 0 Å². The minimum atomic E-state index is -1.10. The summed E-state index contributed by atoms with van der Waals surface area (Å²) in [6, 6.07) is 8.90. The average Bonchev–Trinajstić information content (AvgIpc) is 2.65. The van der Waals surface area contributed by atoms with Crippen molar-refractivity contribution in [2.45, 2.75) is 82.7 Å². The van der Waals surface area contributed by atoms with Gasteiger partial charge in [-0.15, -0.1) is 0 Å². The Morgan fingerprint density at radius 1 is 0.848 bits per heavy atom. The Balaban J connectivity index is 2.44. The summed E-state index contributed by atoms with van der Waals surface area (Å²) >= 11 is -0.213. The molecule has 10 heteroatoms. The van der Waals surface area contributed by atoms with Crippen LogP contribution in [0.5, 0.6) is 0 Å². The Kier molecular flexibility index (Phi) is 9.31. The molecule has 33 heavy (non-hydrogen) atoms. The van der Waals surface area contributed by atoms with Gasteiger partial charge in [-0.3, -0.25) is 0 Å². The SMILES string of the molecule is CC(=O)O[C@H]1[C@@H](OC(C)=O)[C@@H](NC(=O)OC(C)(C)C)C[C@H]([Se]c2ccccc2)[C@H]1OC(C)=O. The average molecular weight is 528 g/mol. The summed E-state index contributed by atoms with van der Waals surface area (Å²) < 4.78 is 23.0. The zero-order valence-electron chi connectivity index (χ0n) is 19.7. The molecule has 5 atom stereocenters. The van der Waals surface area contributed by atoms with E-state index >= 15 is 0 Å². The maximum atomic E-state index is 12.5. The molecule has 182 valence electrons. The van der Waals surface area contributed by atoms with E-state index in [0.717, 1.165) is 4.46 Å². The molecule has 1 fully saturated rings. The van der Waals surface area contributed by atoms with Crippen molar-refractivity contribution in [3.05, 3.63) is 30.3 Å². The predicted octanol–water partition coefficient (Wildman–Crippen LogP) is 1.90. The number of benzene rings is 1. The van der Waals surface area contributed by atoms with Crippen LogP contribution in [0.4, 0.5) is 4.79 Å². The second kappa shape index (κ2) is 11.5. The van der Waals surface area contributed by atoms with Crippen molar-refractivity contribution in [2.75, 3.05) is 0 Å². The van der Waals surface area contributed by atoms with E-state index in [0.29, 0.717) is 6.42 Å². The molecule has 1 saturated carbocycles. The number of hydrogen-bond acceptors (Lipinski definition) is 8. The molecule has 1 aromatic rings. The van der Waals surface area contributed by atoms with Crippen LogP contribution >= 0.6 is 0 Å². The molecule has 1 aliphatic carbocycles. The standard InChI is InChI=1S/C23H31NO8Se/c1-13(25)29-19-17(24-22(28)32-23(4,5)6)12-18(33-16-10-8-7-9-11-16)20(30-14(2)26)21(19)31-15(3)27/h7-11,17-21H,12H2,1-6H3,(H,24,28)/t17-,18-,19-,20+,21-/m0/s1. The molecule has 0 radical (unpaired) electrons. The van der Waals surface area contributed by atoms with Crippen molar-refractivity contribution in [2.24, 2.45) is 0 Å². The van der Waals surface area contributed by atoms with Gasteiger partial charge in [0.2, 0.25) is 0 Å². The molecule has 0 aromatic heterocycles.